The van der Waals surface area contributed by atoms with E-state index in [4.69, 9.17) is 0 Å². The van der Waals surface area contributed by atoms with E-state index in [9.17, 15) is 19.1 Å². The molecule has 7 nitrogen and oxygen atoms in total. The number of carbonyl (C=O) groups is 2. The molecule has 6 rings (SSSR count). The predicted octanol–water partition coefficient (Wildman–Crippen LogP) is 6.89. The van der Waals surface area contributed by atoms with Crippen molar-refractivity contribution in [3.8, 4) is 17.0 Å². The fraction of sp³-hybridized carbons (Fsp3) is 0.167. The number of hydrogen-bond donors (Lipinski definition) is 3. The maximum atomic E-state index is 14.0. The molecule has 0 saturated heterocycles. The first kappa shape index (κ1) is 24.8. The number of phenols is 1. The number of nitrogens with zero attached hydrogens (tertiary/aromatic N) is 2. The third kappa shape index (κ3) is 5.00. The van der Waals surface area contributed by atoms with Gasteiger partial charge in [-0.15, -0.1) is 11.3 Å². The number of thiophene rings is 1. The van der Waals surface area contributed by atoms with Crippen molar-refractivity contribution in [1.29, 1.82) is 0 Å². The molecule has 0 aliphatic heterocycles. The lowest BCUT2D eigenvalue weighted by atomic mass is 9.82. The second-order valence-corrected chi connectivity index (χ2v) is 10.7. The molecule has 3 aromatic carbocycles. The molecule has 3 N–H and O–H groups in total. The van der Waals surface area contributed by atoms with Gasteiger partial charge in [0.15, 0.2) is 0 Å². The summed E-state index contributed by atoms with van der Waals surface area (Å²) in [5.41, 5.74) is 2.41. The highest BCUT2D eigenvalue weighted by Gasteiger charge is 2.28. The van der Waals surface area contributed by atoms with Gasteiger partial charge < -0.3 is 15.7 Å². The molecule has 0 spiro atoms. The number of amides is 2. The van der Waals surface area contributed by atoms with Crippen LogP contribution in [0.4, 0.5) is 14.9 Å². The zero-order chi connectivity index (χ0) is 26.9. The number of nitrogens with one attached hydrogen (secondary N) is 2. The highest BCUT2D eigenvalue weighted by atomic mass is 32.1. The van der Waals surface area contributed by atoms with Crippen molar-refractivity contribution >= 4 is 39.0 Å². The van der Waals surface area contributed by atoms with Crippen LogP contribution >= 0.6 is 11.3 Å². The van der Waals surface area contributed by atoms with E-state index >= 15 is 0 Å². The van der Waals surface area contributed by atoms with Crippen molar-refractivity contribution in [3.05, 3.63) is 101 Å². The average Bonchev–Trinajstić information content (AvgIpc) is 3.53. The van der Waals surface area contributed by atoms with Gasteiger partial charge in [0.25, 0.3) is 5.91 Å². The highest BCUT2D eigenvalue weighted by Crippen LogP contribution is 2.39. The quantitative estimate of drug-likeness (QED) is 0.204. The standard InChI is InChI=1S/C30H25FN4O3S/c31-23-10-3-1-7-20(23)17-32-30(38)35-25(18-8-5-9-18)16-24(34-35)22-15-21(12-13-26(22)36)33-29(37)28-14-19-6-2-4-11-27(19)39-28/h1-4,6-7,10-16,18,36H,5,8-9,17H2,(H,32,38)(H,33,37). The smallest absolute Gasteiger partial charge is 0.342 e. The van der Waals surface area contributed by atoms with Crippen molar-refractivity contribution in [2.45, 2.75) is 31.7 Å². The van der Waals surface area contributed by atoms with Crippen molar-refractivity contribution in [2.24, 2.45) is 0 Å². The summed E-state index contributed by atoms with van der Waals surface area (Å²) in [5.74, 6) is -0.492. The molecule has 39 heavy (non-hydrogen) atoms. The Hall–Kier alpha value is -4.50. The van der Waals surface area contributed by atoms with Gasteiger partial charge in [-0.1, -0.05) is 42.8 Å². The van der Waals surface area contributed by atoms with Gasteiger partial charge in [0.1, 0.15) is 11.6 Å². The van der Waals surface area contributed by atoms with E-state index in [1.54, 1.807) is 36.4 Å². The van der Waals surface area contributed by atoms with Crippen LogP contribution in [0.3, 0.4) is 0 Å². The van der Waals surface area contributed by atoms with Crippen molar-refractivity contribution in [2.75, 3.05) is 5.32 Å². The maximum Gasteiger partial charge on any atom is 0.342 e. The van der Waals surface area contributed by atoms with E-state index in [1.807, 2.05) is 30.3 Å². The van der Waals surface area contributed by atoms with Gasteiger partial charge in [-0.25, -0.2) is 9.18 Å². The summed E-state index contributed by atoms with van der Waals surface area (Å²) >= 11 is 1.41. The largest absolute Gasteiger partial charge is 0.507 e. The zero-order valence-corrected chi connectivity index (χ0v) is 21.7. The van der Waals surface area contributed by atoms with E-state index in [2.05, 4.69) is 15.7 Å². The molecule has 1 fully saturated rings. The van der Waals surface area contributed by atoms with Crippen LogP contribution in [0, 0.1) is 5.82 Å². The van der Waals surface area contributed by atoms with Gasteiger partial charge >= 0.3 is 6.03 Å². The van der Waals surface area contributed by atoms with Crippen molar-refractivity contribution < 1.29 is 19.1 Å². The molecule has 2 heterocycles. The Morgan fingerprint density at radius 2 is 1.82 bits per heavy atom. The van der Waals surface area contributed by atoms with Gasteiger partial charge in [-0.05, 0) is 60.7 Å². The lowest BCUT2D eigenvalue weighted by Crippen LogP contribution is -2.31. The van der Waals surface area contributed by atoms with E-state index in [0.29, 0.717) is 27.4 Å². The normalized spacial score (nSPS) is 13.3. The molecular weight excluding hydrogens is 515 g/mol. The Labute approximate surface area is 227 Å². The third-order valence-corrected chi connectivity index (χ3v) is 8.14. The Morgan fingerprint density at radius 3 is 2.59 bits per heavy atom. The fourth-order valence-corrected chi connectivity index (χ4v) is 5.64. The molecule has 1 aliphatic rings. The number of fused-ring (bicyclic) bond motifs is 1. The first-order valence-corrected chi connectivity index (χ1v) is 13.5. The number of carbonyl (C=O) groups excluding carboxylic acids is 2. The van der Waals surface area contributed by atoms with Gasteiger partial charge in [-0.2, -0.15) is 9.78 Å². The lowest BCUT2D eigenvalue weighted by molar-refractivity contribution is 0.103. The summed E-state index contributed by atoms with van der Waals surface area (Å²) in [6.45, 7) is 0.0231. The Morgan fingerprint density at radius 1 is 1.03 bits per heavy atom. The minimum Gasteiger partial charge on any atom is -0.507 e. The molecule has 0 radical (unpaired) electrons. The summed E-state index contributed by atoms with van der Waals surface area (Å²) in [4.78, 5) is 26.6. The number of anilines is 1. The first-order valence-electron chi connectivity index (χ1n) is 12.7. The summed E-state index contributed by atoms with van der Waals surface area (Å²) < 4.78 is 16.4. The number of benzene rings is 3. The second kappa shape index (κ2) is 10.3. The first-order chi connectivity index (χ1) is 19.0. The third-order valence-electron chi connectivity index (χ3n) is 7.02. The van der Waals surface area contributed by atoms with Crippen LogP contribution in [0.25, 0.3) is 21.3 Å². The van der Waals surface area contributed by atoms with Crippen LogP contribution in [0.15, 0.2) is 78.9 Å². The molecule has 2 aromatic heterocycles. The van der Waals surface area contributed by atoms with Crippen LogP contribution in [-0.2, 0) is 6.54 Å². The minimum absolute atomic E-state index is 0.0218. The summed E-state index contributed by atoms with van der Waals surface area (Å²) in [5, 5.41) is 21.8. The molecule has 2 amide bonds. The monoisotopic (exact) mass is 540 g/mol. The van der Waals surface area contributed by atoms with Crippen LogP contribution in [0.2, 0.25) is 0 Å². The van der Waals surface area contributed by atoms with Gasteiger partial charge in [0.05, 0.1) is 16.3 Å². The molecule has 1 aliphatic carbocycles. The van der Waals surface area contributed by atoms with E-state index in [1.165, 1.54) is 28.2 Å². The number of rotatable bonds is 6. The zero-order valence-electron chi connectivity index (χ0n) is 20.9. The van der Waals surface area contributed by atoms with Gasteiger partial charge in [-0.3, -0.25) is 4.79 Å². The summed E-state index contributed by atoms with van der Waals surface area (Å²) in [7, 11) is 0. The van der Waals surface area contributed by atoms with Crippen LogP contribution in [0.5, 0.6) is 5.75 Å². The molecule has 0 unspecified atom stereocenters. The summed E-state index contributed by atoms with van der Waals surface area (Å²) in [6, 6.07) is 22.0. The number of aromatic nitrogens is 2. The Kier molecular flexibility index (Phi) is 6.58. The fourth-order valence-electron chi connectivity index (χ4n) is 4.68. The van der Waals surface area contributed by atoms with E-state index in [0.717, 1.165) is 35.0 Å². The number of aromatic hydroxyl groups is 1. The van der Waals surface area contributed by atoms with E-state index < -0.39 is 11.8 Å². The summed E-state index contributed by atoms with van der Waals surface area (Å²) in [6.07, 6.45) is 2.93. The molecule has 196 valence electrons. The van der Waals surface area contributed by atoms with Crippen molar-refractivity contribution in [1.82, 2.24) is 15.1 Å². The Balaban J connectivity index is 1.26. The number of hydrogen-bond acceptors (Lipinski definition) is 5. The van der Waals surface area contributed by atoms with Crippen LogP contribution in [0.1, 0.15) is 46.1 Å². The molecule has 0 bridgehead atoms. The lowest BCUT2D eigenvalue weighted by Gasteiger charge is -2.25. The van der Waals surface area contributed by atoms with Gasteiger partial charge in [0.2, 0.25) is 0 Å². The van der Waals surface area contributed by atoms with Gasteiger partial charge in [0, 0.05) is 34.0 Å². The Bertz CT molecular complexity index is 1670. The van der Waals surface area contributed by atoms with E-state index in [-0.39, 0.29) is 24.1 Å². The molecular formula is C30H25FN4O3S. The number of phenolic OH excluding ortho intramolecular Hbond substituents is 1. The average molecular weight is 541 g/mol. The molecule has 1 saturated carbocycles. The molecule has 0 atom stereocenters. The SMILES string of the molecule is O=C(Nc1ccc(O)c(-c2cc(C3CCC3)n(C(=O)NCc3ccccc3F)n2)c1)c1cc2ccccc2s1. The molecule has 9 heteroatoms. The van der Waals surface area contributed by atoms with Crippen LogP contribution in [-0.4, -0.2) is 26.8 Å². The number of halogens is 1. The predicted molar refractivity (Wildman–Crippen MR) is 150 cm³/mol. The maximum absolute atomic E-state index is 14.0. The highest BCUT2D eigenvalue weighted by molar-refractivity contribution is 7.20. The van der Waals surface area contributed by atoms with Crippen LogP contribution < -0.4 is 10.6 Å². The topological polar surface area (TPSA) is 96.2 Å². The molecule has 5 aromatic rings. The minimum atomic E-state index is -0.472. The van der Waals surface area contributed by atoms with Crippen molar-refractivity contribution in [3.63, 3.8) is 0 Å². The second-order valence-electron chi connectivity index (χ2n) is 9.58.